The third kappa shape index (κ3) is 4.88. The fourth-order valence-electron chi connectivity index (χ4n) is 3.38. The van der Waals surface area contributed by atoms with Crippen LogP contribution in [-0.4, -0.2) is 29.2 Å². The highest BCUT2D eigenvalue weighted by Gasteiger charge is 2.33. The largest absolute Gasteiger partial charge is 0.493 e. The monoisotopic (exact) mass is 441 g/mol. The van der Waals surface area contributed by atoms with E-state index >= 15 is 0 Å². The summed E-state index contributed by atoms with van der Waals surface area (Å²) in [5, 5.41) is 15.6. The second-order valence-corrected chi connectivity index (χ2v) is 7.65. The maximum absolute atomic E-state index is 12.4. The Morgan fingerprint density at radius 3 is 2.55 bits per heavy atom. The van der Waals surface area contributed by atoms with Crippen LogP contribution in [0.3, 0.4) is 0 Å². The zero-order chi connectivity index (χ0) is 22.5. The van der Waals surface area contributed by atoms with E-state index < -0.39 is 11.0 Å². The summed E-state index contributed by atoms with van der Waals surface area (Å²) in [6.45, 7) is 3.41. The Labute approximate surface area is 184 Å². The predicted molar refractivity (Wildman–Crippen MR) is 121 cm³/mol. The van der Waals surface area contributed by atoms with Gasteiger partial charge in [-0.3, -0.25) is 14.9 Å². The molecular formula is C22H23N3O5S. The van der Waals surface area contributed by atoms with Gasteiger partial charge in [-0.25, -0.2) is 4.99 Å². The van der Waals surface area contributed by atoms with E-state index in [0.717, 1.165) is 5.56 Å². The molecule has 0 fully saturated rings. The minimum absolute atomic E-state index is 0.188. The van der Waals surface area contributed by atoms with Gasteiger partial charge in [-0.15, -0.1) is 0 Å². The van der Waals surface area contributed by atoms with Crippen LogP contribution in [0.15, 0.2) is 58.7 Å². The minimum Gasteiger partial charge on any atom is -0.493 e. The van der Waals surface area contributed by atoms with Gasteiger partial charge in [0.15, 0.2) is 22.4 Å². The third-order valence-electron chi connectivity index (χ3n) is 4.83. The summed E-state index contributed by atoms with van der Waals surface area (Å²) >= 11 is 1.36. The number of nitro benzene ring substituents is 1. The Morgan fingerprint density at radius 1 is 1.26 bits per heavy atom. The number of aliphatic imine (C=N–C) groups is 1. The van der Waals surface area contributed by atoms with Crippen LogP contribution in [0.2, 0.25) is 0 Å². The van der Waals surface area contributed by atoms with Crippen molar-refractivity contribution in [3.63, 3.8) is 0 Å². The quantitative estimate of drug-likeness (QED) is 0.501. The summed E-state index contributed by atoms with van der Waals surface area (Å²) in [6.07, 6.45) is 1.84. The molecule has 0 aliphatic carbocycles. The Hall–Kier alpha value is -3.33. The molecule has 162 valence electrons. The molecular weight excluding hydrogens is 418 g/mol. The predicted octanol–water partition coefficient (Wildman–Crippen LogP) is 4.41. The Balaban J connectivity index is 2.09. The van der Waals surface area contributed by atoms with Gasteiger partial charge < -0.3 is 14.8 Å². The van der Waals surface area contributed by atoms with Crippen LogP contribution >= 0.6 is 11.8 Å². The van der Waals surface area contributed by atoms with Crippen molar-refractivity contribution < 1.29 is 19.2 Å². The number of ketones is 1. The summed E-state index contributed by atoms with van der Waals surface area (Å²) < 4.78 is 11.3. The summed E-state index contributed by atoms with van der Waals surface area (Å²) in [6, 6.07) is 11.5. The molecule has 1 aliphatic rings. The van der Waals surface area contributed by atoms with E-state index in [4.69, 9.17) is 9.47 Å². The average Bonchev–Trinajstić information content (AvgIpc) is 2.76. The average molecular weight is 442 g/mol. The summed E-state index contributed by atoms with van der Waals surface area (Å²) in [5.74, 6) is 0.364. The molecule has 1 atom stereocenters. The fourth-order valence-corrected chi connectivity index (χ4v) is 3.85. The van der Waals surface area contributed by atoms with Gasteiger partial charge in [0, 0.05) is 11.3 Å². The smallest absolute Gasteiger partial charge is 0.279 e. The van der Waals surface area contributed by atoms with Crippen LogP contribution in [0.1, 0.15) is 31.0 Å². The van der Waals surface area contributed by atoms with Crippen molar-refractivity contribution in [2.24, 2.45) is 4.99 Å². The molecule has 1 heterocycles. The number of nitrogens with one attached hydrogen (secondary N) is 1. The fraction of sp³-hybridized carbons (Fsp3) is 0.273. The highest BCUT2D eigenvalue weighted by molar-refractivity contribution is 8.13. The van der Waals surface area contributed by atoms with E-state index in [2.05, 4.69) is 10.3 Å². The zero-order valence-corrected chi connectivity index (χ0v) is 18.5. The molecule has 0 saturated heterocycles. The van der Waals surface area contributed by atoms with Crippen LogP contribution in [0, 0.1) is 10.1 Å². The summed E-state index contributed by atoms with van der Waals surface area (Å²) in [4.78, 5) is 28.4. The number of allylic oxidation sites excluding steroid dienone is 1. The van der Waals surface area contributed by atoms with Gasteiger partial charge in [-0.2, -0.15) is 0 Å². The first kappa shape index (κ1) is 22.4. The Morgan fingerprint density at radius 2 is 1.97 bits per heavy atom. The van der Waals surface area contributed by atoms with E-state index in [1.54, 1.807) is 6.92 Å². The van der Waals surface area contributed by atoms with Crippen molar-refractivity contribution in [3.8, 4) is 11.5 Å². The number of ether oxygens (including phenoxy) is 2. The second-order valence-electron chi connectivity index (χ2n) is 6.85. The maximum atomic E-state index is 12.4. The first-order chi connectivity index (χ1) is 14.8. The molecule has 3 rings (SSSR count). The van der Waals surface area contributed by atoms with Gasteiger partial charge in [0.05, 0.1) is 23.7 Å². The van der Waals surface area contributed by atoms with Crippen molar-refractivity contribution >= 4 is 28.4 Å². The first-order valence-corrected chi connectivity index (χ1v) is 10.7. The van der Waals surface area contributed by atoms with E-state index in [-0.39, 0.29) is 29.4 Å². The normalized spacial score (nSPS) is 15.7. The van der Waals surface area contributed by atoms with Crippen LogP contribution in [0.25, 0.3) is 0 Å². The number of methoxy groups -OCH3 is 1. The Kier molecular flexibility index (Phi) is 6.96. The highest BCUT2D eigenvalue weighted by Crippen LogP contribution is 2.43. The van der Waals surface area contributed by atoms with Crippen molar-refractivity contribution in [2.45, 2.75) is 26.5 Å². The lowest BCUT2D eigenvalue weighted by atomic mass is 9.92. The van der Waals surface area contributed by atoms with E-state index in [1.165, 1.54) is 37.9 Å². The number of rotatable bonds is 7. The number of thioether (sulfide) groups is 1. The SMILES string of the molecule is COc1cc([C@H]2N=C(SC)NC(C)=C2C(C)=O)c([N+](=O)[O-])cc1OCc1ccccc1. The highest BCUT2D eigenvalue weighted by atomic mass is 32.2. The molecule has 0 spiro atoms. The molecule has 0 radical (unpaired) electrons. The van der Waals surface area contributed by atoms with E-state index in [1.807, 2.05) is 36.6 Å². The number of benzene rings is 2. The van der Waals surface area contributed by atoms with Gasteiger partial charge in [0.2, 0.25) is 0 Å². The number of nitro groups is 1. The zero-order valence-electron chi connectivity index (χ0n) is 17.7. The van der Waals surface area contributed by atoms with Crippen molar-refractivity contribution in [3.05, 3.63) is 75.0 Å². The van der Waals surface area contributed by atoms with Gasteiger partial charge in [-0.1, -0.05) is 42.1 Å². The van der Waals surface area contributed by atoms with Crippen molar-refractivity contribution in [1.29, 1.82) is 0 Å². The first-order valence-electron chi connectivity index (χ1n) is 9.49. The second kappa shape index (κ2) is 9.65. The number of carbonyl (C=O) groups excluding carboxylic acids is 1. The van der Waals surface area contributed by atoms with E-state index in [0.29, 0.717) is 22.2 Å². The molecule has 8 nitrogen and oxygen atoms in total. The Bertz CT molecular complexity index is 1070. The summed E-state index contributed by atoms with van der Waals surface area (Å²) in [5.41, 5.74) is 2.00. The number of Topliss-reactive ketones (excluding diaryl/α,β-unsaturated/α-hetero) is 1. The molecule has 1 N–H and O–H groups in total. The van der Waals surface area contributed by atoms with Gasteiger partial charge in [0.25, 0.3) is 5.69 Å². The summed E-state index contributed by atoms with van der Waals surface area (Å²) in [7, 11) is 1.46. The van der Waals surface area contributed by atoms with Crippen LogP contribution < -0.4 is 14.8 Å². The van der Waals surface area contributed by atoms with Gasteiger partial charge >= 0.3 is 0 Å². The van der Waals surface area contributed by atoms with Gasteiger partial charge in [0.1, 0.15) is 12.6 Å². The lowest BCUT2D eigenvalue weighted by molar-refractivity contribution is -0.385. The van der Waals surface area contributed by atoms with Gasteiger partial charge in [-0.05, 0) is 31.7 Å². The molecule has 9 heteroatoms. The standard InChI is InChI=1S/C22H23N3O5S/c1-13-20(14(2)26)21(24-22(23-13)31-4)16-10-18(29-3)19(11-17(16)25(27)28)30-12-15-8-6-5-7-9-15/h5-11,21H,12H2,1-4H3,(H,23,24)/t21-/m1/s1. The van der Waals surface area contributed by atoms with Crippen LogP contribution in [-0.2, 0) is 11.4 Å². The molecule has 1 aliphatic heterocycles. The number of carbonyl (C=O) groups is 1. The van der Waals surface area contributed by atoms with Crippen molar-refractivity contribution in [2.75, 3.05) is 13.4 Å². The number of nitrogens with zero attached hydrogens (tertiary/aromatic N) is 2. The molecule has 0 aromatic heterocycles. The molecule has 0 bridgehead atoms. The topological polar surface area (TPSA) is 103 Å². The number of hydrogen-bond donors (Lipinski definition) is 1. The van der Waals surface area contributed by atoms with Crippen LogP contribution in [0.5, 0.6) is 11.5 Å². The van der Waals surface area contributed by atoms with E-state index in [9.17, 15) is 14.9 Å². The molecule has 0 unspecified atom stereocenters. The number of amidine groups is 1. The minimum atomic E-state index is -0.821. The lowest BCUT2D eigenvalue weighted by Crippen LogP contribution is -2.29. The van der Waals surface area contributed by atoms with Crippen molar-refractivity contribution in [1.82, 2.24) is 5.32 Å². The lowest BCUT2D eigenvalue weighted by Gasteiger charge is -2.25. The molecule has 2 aromatic carbocycles. The molecule has 2 aromatic rings. The molecule has 31 heavy (non-hydrogen) atoms. The third-order valence-corrected chi connectivity index (χ3v) is 5.43. The molecule has 0 saturated carbocycles. The van der Waals surface area contributed by atoms with Crippen LogP contribution in [0.4, 0.5) is 5.69 Å². The number of hydrogen-bond acceptors (Lipinski definition) is 8. The maximum Gasteiger partial charge on any atom is 0.279 e. The molecule has 0 amide bonds.